The Balaban J connectivity index is 2.28. The molecule has 0 aliphatic heterocycles. The summed E-state index contributed by atoms with van der Waals surface area (Å²) >= 11 is 0. The molecule has 6 N–H and O–H groups in total. The third kappa shape index (κ3) is 3.94. The number of phenols is 2. The van der Waals surface area contributed by atoms with Crippen LogP contribution >= 0.6 is 0 Å². The molecule has 3 aromatic rings. The lowest BCUT2D eigenvalue weighted by atomic mass is 9.89. The van der Waals surface area contributed by atoms with Gasteiger partial charge in [-0.05, 0) is 58.7 Å². The molecular weight excluding hydrogens is 420 g/mol. The highest BCUT2D eigenvalue weighted by Crippen LogP contribution is 2.38. The Morgan fingerprint density at radius 1 is 0.562 bits per heavy atom. The van der Waals surface area contributed by atoms with E-state index >= 15 is 0 Å². The van der Waals surface area contributed by atoms with Gasteiger partial charge < -0.3 is 30.6 Å². The minimum Gasteiger partial charge on any atom is -0.508 e. The van der Waals surface area contributed by atoms with E-state index in [0.717, 1.165) is 24.3 Å². The number of aromatic hydroxyl groups is 2. The third-order valence-corrected chi connectivity index (χ3v) is 4.78. The van der Waals surface area contributed by atoms with E-state index in [9.17, 15) is 34.8 Å². The summed E-state index contributed by atoms with van der Waals surface area (Å²) in [7, 11) is 0. The fraction of sp³-hybridized carbons (Fsp3) is 0. The van der Waals surface area contributed by atoms with E-state index in [1.807, 2.05) is 0 Å². The van der Waals surface area contributed by atoms with Gasteiger partial charge in [-0.15, -0.1) is 0 Å². The third-order valence-electron chi connectivity index (χ3n) is 4.78. The van der Waals surface area contributed by atoms with Gasteiger partial charge in [0.2, 0.25) is 0 Å². The normalized spacial score (nSPS) is 10.5. The van der Waals surface area contributed by atoms with Crippen LogP contribution < -0.4 is 0 Å². The Kier molecular flexibility index (Phi) is 5.58. The highest BCUT2D eigenvalue weighted by atomic mass is 16.4. The van der Waals surface area contributed by atoms with Crippen LogP contribution in [-0.4, -0.2) is 48.5 Å². The summed E-state index contributed by atoms with van der Waals surface area (Å²) in [5.41, 5.74) is -0.310. The van der Waals surface area contributed by atoms with E-state index in [0.29, 0.717) is 0 Å². The van der Waals surface area contributed by atoms with E-state index < -0.39 is 35.2 Å². The van der Waals surface area contributed by atoms with Crippen LogP contribution in [0.3, 0.4) is 0 Å². The number of rotatable bonds is 6. The van der Waals surface area contributed by atoms with Gasteiger partial charge in [0.15, 0.2) is 0 Å². The van der Waals surface area contributed by atoms with Crippen molar-refractivity contribution in [3.8, 4) is 33.8 Å². The number of hydrogen-bond acceptors (Lipinski definition) is 6. The highest BCUT2D eigenvalue weighted by Gasteiger charge is 2.21. The maximum atomic E-state index is 12.0. The van der Waals surface area contributed by atoms with Crippen molar-refractivity contribution in [1.82, 2.24) is 0 Å². The fourth-order valence-corrected chi connectivity index (χ4v) is 3.25. The molecule has 0 radical (unpaired) electrons. The van der Waals surface area contributed by atoms with E-state index in [2.05, 4.69) is 6.58 Å². The molecule has 0 saturated heterocycles. The topological polar surface area (TPSA) is 173 Å². The summed E-state index contributed by atoms with van der Waals surface area (Å²) in [5.74, 6) is -5.64. The van der Waals surface area contributed by atoms with Crippen LogP contribution in [0.5, 0.6) is 11.5 Å². The number of carbonyl (C=O) groups is 3. The lowest BCUT2D eigenvalue weighted by Crippen LogP contribution is -2.04. The van der Waals surface area contributed by atoms with Crippen LogP contribution in [0, 0.1) is 0 Å². The Morgan fingerprint density at radius 2 is 0.938 bits per heavy atom. The number of aliphatic hydroxyl groups excluding tert-OH is 1. The monoisotopic (exact) mass is 436 g/mol. The Morgan fingerprint density at radius 3 is 1.28 bits per heavy atom. The molecule has 0 heterocycles. The molecule has 3 aromatic carbocycles. The first-order valence-electron chi connectivity index (χ1n) is 8.94. The Hall–Kier alpha value is -4.79. The first-order valence-corrected chi connectivity index (χ1v) is 8.94. The van der Waals surface area contributed by atoms with Crippen molar-refractivity contribution in [2.75, 3.05) is 0 Å². The summed E-state index contributed by atoms with van der Waals surface area (Å²) in [6.07, 6.45) is 0. The molecule has 9 heteroatoms. The van der Waals surface area contributed by atoms with Crippen molar-refractivity contribution in [2.24, 2.45) is 0 Å². The Bertz CT molecular complexity index is 1200. The lowest BCUT2D eigenvalue weighted by Gasteiger charge is -2.16. The zero-order valence-electron chi connectivity index (χ0n) is 16.2. The number of carboxylic acids is 3. The van der Waals surface area contributed by atoms with Gasteiger partial charge in [-0.2, -0.15) is 0 Å². The van der Waals surface area contributed by atoms with Gasteiger partial charge in [0.05, 0.1) is 5.56 Å². The average molecular weight is 436 g/mol. The molecule has 0 aliphatic carbocycles. The molecule has 0 spiro atoms. The number of hydrogen-bond donors (Lipinski definition) is 6. The molecule has 0 aliphatic rings. The molecule has 0 aromatic heterocycles. The zero-order valence-corrected chi connectivity index (χ0v) is 16.2. The van der Waals surface area contributed by atoms with Crippen molar-refractivity contribution in [3.05, 3.63) is 77.4 Å². The molecule has 0 atom stereocenters. The molecule has 162 valence electrons. The molecule has 0 amide bonds. The minimum absolute atomic E-state index is 0.0602. The maximum Gasteiger partial charge on any atom is 0.339 e. The first-order chi connectivity index (χ1) is 15.0. The number of aliphatic hydroxyl groups is 1. The van der Waals surface area contributed by atoms with Crippen molar-refractivity contribution in [1.29, 1.82) is 0 Å². The SMILES string of the molecule is C=C(O)c1cc(-c2ccc(C(=O)O)c(O)c2)c(C(=O)O)cc1-c1ccc(C(=O)O)c(O)c1. The number of carboxylic acid groups (broad SMARTS) is 3. The quantitative estimate of drug-likeness (QED) is 0.312. The van der Waals surface area contributed by atoms with Gasteiger partial charge in [0, 0.05) is 5.56 Å². The predicted octanol–water partition coefficient (Wildman–Crippen LogP) is 4.06. The van der Waals surface area contributed by atoms with Crippen LogP contribution in [-0.2, 0) is 0 Å². The molecule has 0 unspecified atom stereocenters. The van der Waals surface area contributed by atoms with E-state index in [-0.39, 0.29) is 44.5 Å². The van der Waals surface area contributed by atoms with Gasteiger partial charge in [0.25, 0.3) is 0 Å². The van der Waals surface area contributed by atoms with E-state index in [1.54, 1.807) is 0 Å². The summed E-state index contributed by atoms with van der Waals surface area (Å²) in [4.78, 5) is 34.2. The van der Waals surface area contributed by atoms with Crippen LogP contribution in [0.25, 0.3) is 28.0 Å². The van der Waals surface area contributed by atoms with Crippen LogP contribution in [0.4, 0.5) is 0 Å². The lowest BCUT2D eigenvalue weighted by molar-refractivity contribution is 0.0682. The smallest absolute Gasteiger partial charge is 0.339 e. The highest BCUT2D eigenvalue weighted by molar-refractivity contribution is 6.01. The molecule has 9 nitrogen and oxygen atoms in total. The van der Waals surface area contributed by atoms with Gasteiger partial charge in [-0.3, -0.25) is 0 Å². The van der Waals surface area contributed by atoms with Gasteiger partial charge >= 0.3 is 17.9 Å². The summed E-state index contributed by atoms with van der Waals surface area (Å²) in [5, 5.41) is 58.0. The van der Waals surface area contributed by atoms with Crippen LogP contribution in [0.2, 0.25) is 0 Å². The standard InChI is InChI=1S/C23H16O9/c1-10(24)15-8-17(12-3-5-14(22(29)30)20(26)7-12)18(23(31)32)9-16(15)11-2-4-13(21(27)28)19(25)6-11/h2-9,24-26H,1H2,(H,27,28)(H,29,30)(H,31,32). The van der Waals surface area contributed by atoms with Crippen molar-refractivity contribution in [3.63, 3.8) is 0 Å². The molecule has 0 fully saturated rings. The average Bonchev–Trinajstić information content (AvgIpc) is 2.71. The maximum absolute atomic E-state index is 12.0. The minimum atomic E-state index is -1.36. The second kappa shape index (κ2) is 8.15. The van der Waals surface area contributed by atoms with Gasteiger partial charge in [0.1, 0.15) is 28.4 Å². The molecule has 3 rings (SSSR count). The van der Waals surface area contributed by atoms with Gasteiger partial charge in [-0.25, -0.2) is 14.4 Å². The van der Waals surface area contributed by atoms with Crippen molar-refractivity contribution in [2.45, 2.75) is 0 Å². The van der Waals surface area contributed by atoms with Gasteiger partial charge in [-0.1, -0.05) is 18.7 Å². The van der Waals surface area contributed by atoms with Crippen molar-refractivity contribution < 1.29 is 45.0 Å². The summed E-state index contributed by atoms with van der Waals surface area (Å²) in [6, 6.07) is 9.58. The van der Waals surface area contributed by atoms with Crippen molar-refractivity contribution >= 4 is 23.7 Å². The molecule has 0 bridgehead atoms. The number of benzene rings is 3. The Labute approximate surface area is 180 Å². The zero-order chi connectivity index (χ0) is 23.7. The van der Waals surface area contributed by atoms with E-state index in [1.165, 1.54) is 24.3 Å². The molecular formula is C23H16O9. The van der Waals surface area contributed by atoms with E-state index in [4.69, 9.17) is 10.2 Å². The largest absolute Gasteiger partial charge is 0.508 e. The predicted molar refractivity (Wildman–Crippen MR) is 113 cm³/mol. The first kappa shape index (κ1) is 21.9. The fourth-order valence-electron chi connectivity index (χ4n) is 3.25. The second-order valence-corrected chi connectivity index (χ2v) is 6.77. The molecule has 32 heavy (non-hydrogen) atoms. The van der Waals surface area contributed by atoms with Crippen LogP contribution in [0.15, 0.2) is 55.1 Å². The number of aromatic carboxylic acids is 3. The van der Waals surface area contributed by atoms with Crippen LogP contribution in [0.1, 0.15) is 36.6 Å². The molecule has 0 saturated carbocycles. The summed E-state index contributed by atoms with van der Waals surface area (Å²) in [6.45, 7) is 3.47. The second-order valence-electron chi connectivity index (χ2n) is 6.77. The summed E-state index contributed by atoms with van der Waals surface area (Å²) < 4.78 is 0.